The molecule has 2 rings (SSSR count). The Morgan fingerprint density at radius 3 is 2.95 bits per heavy atom. The van der Waals surface area contributed by atoms with Crippen LogP contribution in [0.1, 0.15) is 56.5 Å². The van der Waals surface area contributed by atoms with Gasteiger partial charge in [0.2, 0.25) is 11.7 Å². The number of rotatable bonds is 5. The van der Waals surface area contributed by atoms with E-state index in [-0.39, 0.29) is 17.6 Å². The van der Waals surface area contributed by atoms with Crippen molar-refractivity contribution in [2.75, 3.05) is 13.1 Å². The molecule has 1 aromatic heterocycles. The molecule has 21 heavy (non-hydrogen) atoms. The van der Waals surface area contributed by atoms with Crippen LogP contribution in [0.2, 0.25) is 0 Å². The highest BCUT2D eigenvalue weighted by molar-refractivity contribution is 5.97. The van der Waals surface area contributed by atoms with Gasteiger partial charge in [-0.15, -0.1) is 0 Å². The molecule has 0 aliphatic carbocycles. The zero-order valence-corrected chi connectivity index (χ0v) is 12.7. The lowest BCUT2D eigenvalue weighted by molar-refractivity contribution is -0.133. The van der Waals surface area contributed by atoms with E-state index in [2.05, 4.69) is 17.4 Å². The number of hydrogen-bond acceptors (Lipinski definition) is 4. The smallest absolute Gasteiger partial charge is 0.293 e. The maximum absolute atomic E-state index is 12.5. The number of carbonyl (C=O) groups is 2. The lowest BCUT2D eigenvalue weighted by Crippen LogP contribution is -2.61. The van der Waals surface area contributed by atoms with Crippen molar-refractivity contribution >= 4 is 11.8 Å². The minimum absolute atomic E-state index is 0.0801. The Bertz CT molecular complexity index is 486. The van der Waals surface area contributed by atoms with Crippen molar-refractivity contribution in [3.63, 3.8) is 0 Å². The molecule has 0 radical (unpaired) electrons. The third-order valence-corrected chi connectivity index (χ3v) is 4.09. The summed E-state index contributed by atoms with van der Waals surface area (Å²) in [5.41, 5.74) is -0.810. The molecule has 1 fully saturated rings. The maximum Gasteiger partial charge on any atom is 0.293 e. The van der Waals surface area contributed by atoms with Gasteiger partial charge >= 0.3 is 0 Å². The Morgan fingerprint density at radius 1 is 1.48 bits per heavy atom. The first-order chi connectivity index (χ1) is 10.1. The number of carbonyl (C=O) groups excluding carboxylic acids is 2. The topological polar surface area (TPSA) is 75.4 Å². The summed E-state index contributed by atoms with van der Waals surface area (Å²) in [6.07, 6.45) is 5.92. The van der Waals surface area contributed by atoms with Gasteiger partial charge in [0.1, 0.15) is 5.54 Å². The summed E-state index contributed by atoms with van der Waals surface area (Å²) < 4.78 is 4.95. The average molecular weight is 293 g/mol. The summed E-state index contributed by atoms with van der Waals surface area (Å²) in [5.74, 6) is -0.159. The molecular weight excluding hydrogens is 270 g/mol. The van der Waals surface area contributed by atoms with Gasteiger partial charge in [-0.25, -0.2) is 0 Å². The fraction of sp³-hybridized carbons (Fsp3) is 0.667. The molecule has 1 unspecified atom stereocenters. The molecule has 6 nitrogen and oxygen atoms in total. The molecule has 1 N–H and O–H groups in total. The molecular formula is C15H23N3O3. The van der Waals surface area contributed by atoms with Crippen LogP contribution >= 0.6 is 0 Å². The SMILES string of the molecule is CCCCNC(=O)C1(C)CCCCN1C(=O)c1ccno1. The summed E-state index contributed by atoms with van der Waals surface area (Å²) in [4.78, 5) is 26.7. The van der Waals surface area contributed by atoms with Crippen LogP contribution in [0.4, 0.5) is 0 Å². The summed E-state index contributed by atoms with van der Waals surface area (Å²) in [5, 5.41) is 6.51. The molecule has 1 saturated heterocycles. The maximum atomic E-state index is 12.5. The fourth-order valence-corrected chi connectivity index (χ4v) is 2.71. The van der Waals surface area contributed by atoms with E-state index < -0.39 is 5.54 Å². The van der Waals surface area contributed by atoms with Crippen LogP contribution < -0.4 is 5.32 Å². The van der Waals surface area contributed by atoms with Crippen LogP contribution in [0.3, 0.4) is 0 Å². The van der Waals surface area contributed by atoms with Crippen LogP contribution in [0.5, 0.6) is 0 Å². The number of nitrogens with zero attached hydrogens (tertiary/aromatic N) is 2. The molecule has 0 bridgehead atoms. The Labute approximate surface area is 124 Å². The predicted octanol–water partition coefficient (Wildman–Crippen LogP) is 1.98. The molecule has 0 saturated carbocycles. The third kappa shape index (κ3) is 3.25. The molecule has 0 aromatic carbocycles. The highest BCUT2D eigenvalue weighted by Gasteiger charge is 2.44. The number of unbranched alkanes of at least 4 members (excludes halogenated alkanes) is 1. The molecule has 2 amide bonds. The van der Waals surface area contributed by atoms with Gasteiger partial charge in [0, 0.05) is 19.2 Å². The Balaban J connectivity index is 2.13. The molecule has 1 aliphatic rings. The van der Waals surface area contributed by atoms with Gasteiger partial charge in [-0.2, -0.15) is 0 Å². The summed E-state index contributed by atoms with van der Waals surface area (Å²) in [7, 11) is 0. The van der Waals surface area contributed by atoms with Gasteiger partial charge in [-0.3, -0.25) is 9.59 Å². The largest absolute Gasteiger partial charge is 0.354 e. The van der Waals surface area contributed by atoms with Crippen molar-refractivity contribution in [3.8, 4) is 0 Å². The van der Waals surface area contributed by atoms with Crippen LogP contribution in [-0.2, 0) is 4.79 Å². The summed E-state index contributed by atoms with van der Waals surface area (Å²) in [6.45, 7) is 5.13. The minimum atomic E-state index is -0.810. The molecule has 1 aliphatic heterocycles. The van der Waals surface area contributed by atoms with Crippen molar-refractivity contribution < 1.29 is 14.1 Å². The van der Waals surface area contributed by atoms with Crippen LogP contribution in [0.25, 0.3) is 0 Å². The minimum Gasteiger partial charge on any atom is -0.354 e. The van der Waals surface area contributed by atoms with E-state index in [0.717, 1.165) is 25.7 Å². The van der Waals surface area contributed by atoms with Crippen molar-refractivity contribution in [1.82, 2.24) is 15.4 Å². The van der Waals surface area contributed by atoms with E-state index in [1.54, 1.807) is 4.90 Å². The predicted molar refractivity (Wildman–Crippen MR) is 77.7 cm³/mol. The van der Waals surface area contributed by atoms with E-state index >= 15 is 0 Å². The second kappa shape index (κ2) is 6.74. The number of piperidine rings is 1. The van der Waals surface area contributed by atoms with E-state index in [9.17, 15) is 9.59 Å². The number of nitrogens with one attached hydrogen (secondary N) is 1. The van der Waals surface area contributed by atoms with Crippen molar-refractivity contribution in [2.45, 2.75) is 51.5 Å². The first-order valence-electron chi connectivity index (χ1n) is 7.60. The number of hydrogen-bond donors (Lipinski definition) is 1. The monoisotopic (exact) mass is 293 g/mol. The molecule has 0 spiro atoms. The Hall–Kier alpha value is -1.85. The molecule has 1 aromatic rings. The first kappa shape index (κ1) is 15.5. The van der Waals surface area contributed by atoms with Gasteiger partial charge < -0.3 is 14.7 Å². The fourth-order valence-electron chi connectivity index (χ4n) is 2.71. The second-order valence-corrected chi connectivity index (χ2v) is 5.67. The third-order valence-electron chi connectivity index (χ3n) is 4.09. The highest BCUT2D eigenvalue weighted by atomic mass is 16.5. The Kier molecular flexibility index (Phi) is 4.98. The lowest BCUT2D eigenvalue weighted by Gasteiger charge is -2.43. The standard InChI is InChI=1S/C15H23N3O3/c1-3-4-9-16-14(20)15(2)8-5-6-11-18(15)13(19)12-7-10-17-21-12/h7,10H,3-6,8-9,11H2,1-2H3,(H,16,20). The first-order valence-corrected chi connectivity index (χ1v) is 7.60. The average Bonchev–Trinajstić information content (AvgIpc) is 3.01. The zero-order valence-electron chi connectivity index (χ0n) is 12.7. The number of aromatic nitrogens is 1. The van der Waals surface area contributed by atoms with E-state index in [1.165, 1.54) is 12.3 Å². The highest BCUT2D eigenvalue weighted by Crippen LogP contribution is 2.29. The van der Waals surface area contributed by atoms with Gasteiger partial charge in [0.05, 0.1) is 6.20 Å². The molecule has 1 atom stereocenters. The van der Waals surface area contributed by atoms with Crippen LogP contribution in [-0.4, -0.2) is 40.5 Å². The second-order valence-electron chi connectivity index (χ2n) is 5.67. The lowest BCUT2D eigenvalue weighted by atomic mass is 9.87. The normalized spacial score (nSPS) is 22.1. The van der Waals surface area contributed by atoms with Gasteiger partial charge in [0.25, 0.3) is 5.91 Å². The van der Waals surface area contributed by atoms with Gasteiger partial charge in [-0.1, -0.05) is 18.5 Å². The quantitative estimate of drug-likeness (QED) is 0.842. The molecule has 6 heteroatoms. The van der Waals surface area contributed by atoms with Gasteiger partial charge in [-0.05, 0) is 32.6 Å². The number of amides is 2. The molecule has 2 heterocycles. The van der Waals surface area contributed by atoms with Crippen LogP contribution in [0, 0.1) is 0 Å². The summed E-state index contributed by atoms with van der Waals surface area (Å²) in [6, 6.07) is 1.53. The zero-order chi connectivity index (χ0) is 15.3. The van der Waals surface area contributed by atoms with Gasteiger partial charge in [0.15, 0.2) is 0 Å². The van der Waals surface area contributed by atoms with E-state index in [1.807, 2.05) is 6.92 Å². The van der Waals surface area contributed by atoms with Crippen molar-refractivity contribution in [1.29, 1.82) is 0 Å². The van der Waals surface area contributed by atoms with Crippen LogP contribution in [0.15, 0.2) is 16.8 Å². The Morgan fingerprint density at radius 2 is 2.29 bits per heavy atom. The van der Waals surface area contributed by atoms with Crippen molar-refractivity contribution in [3.05, 3.63) is 18.0 Å². The molecule has 116 valence electrons. The van der Waals surface area contributed by atoms with E-state index in [0.29, 0.717) is 19.5 Å². The number of likely N-dealkylation sites (tertiary alicyclic amines) is 1. The van der Waals surface area contributed by atoms with Crippen molar-refractivity contribution in [2.24, 2.45) is 0 Å². The summed E-state index contributed by atoms with van der Waals surface area (Å²) >= 11 is 0. The van der Waals surface area contributed by atoms with E-state index in [4.69, 9.17) is 4.52 Å².